The van der Waals surface area contributed by atoms with Crippen molar-refractivity contribution in [1.82, 2.24) is 5.01 Å². The van der Waals surface area contributed by atoms with Gasteiger partial charge in [-0.3, -0.25) is 39.6 Å². The molecule has 52 heavy (non-hydrogen) atoms. The molecule has 2 aliphatic carbocycles. The van der Waals surface area contributed by atoms with E-state index in [4.69, 9.17) is 4.74 Å². The fourth-order valence-electron chi connectivity index (χ4n) is 8.96. The van der Waals surface area contributed by atoms with Gasteiger partial charge < -0.3 is 9.84 Å². The number of amides is 4. The minimum Gasteiger partial charge on any atom is -0.508 e. The van der Waals surface area contributed by atoms with Crippen LogP contribution in [0.1, 0.15) is 35.4 Å². The normalized spacial score (nSPS) is 26.4. The number of phenolic OH excluding ortho intramolecular Hbond substituents is 1. The van der Waals surface area contributed by atoms with Gasteiger partial charge in [-0.1, -0.05) is 59.7 Å². The zero-order valence-corrected chi connectivity index (χ0v) is 28.3. The van der Waals surface area contributed by atoms with E-state index < -0.39 is 63.6 Å². The Bertz CT molecular complexity index is 2190. The SMILES string of the molecule is COc1ccc(O)c(C2C3=CCC4C(=O)N(c5ccc([N+](=O)[O-])cc5)C(=O)C4C3CC3C(=O)N(Nc4ccc(C)cc4)C(=O)C32c2ccccc2)c1. The van der Waals surface area contributed by atoms with Crippen molar-refractivity contribution in [3.8, 4) is 11.5 Å². The molecule has 1 saturated carbocycles. The Hall–Kier alpha value is -6.30. The quantitative estimate of drug-likeness (QED) is 0.105. The molecule has 0 aromatic heterocycles. The summed E-state index contributed by atoms with van der Waals surface area (Å²) >= 11 is 0. The molecule has 2 heterocycles. The van der Waals surface area contributed by atoms with Crippen molar-refractivity contribution in [3.05, 3.63) is 136 Å². The fourth-order valence-corrected chi connectivity index (χ4v) is 8.96. The molecule has 2 aliphatic heterocycles. The van der Waals surface area contributed by atoms with E-state index >= 15 is 4.79 Å². The number of non-ortho nitro benzene ring substituents is 1. The van der Waals surface area contributed by atoms with Crippen LogP contribution in [-0.4, -0.2) is 45.8 Å². The molecule has 8 rings (SSSR count). The van der Waals surface area contributed by atoms with E-state index in [2.05, 4.69) is 5.43 Å². The number of nitrogens with zero attached hydrogens (tertiary/aromatic N) is 3. The molecule has 4 aromatic carbocycles. The minimum atomic E-state index is -1.56. The largest absolute Gasteiger partial charge is 0.508 e. The van der Waals surface area contributed by atoms with Crippen LogP contribution >= 0.6 is 0 Å². The molecular formula is C40H34N4O8. The lowest BCUT2D eigenvalue weighted by Crippen LogP contribution is -2.53. The van der Waals surface area contributed by atoms with E-state index in [1.165, 1.54) is 37.4 Å². The van der Waals surface area contributed by atoms with E-state index in [0.29, 0.717) is 28.1 Å². The number of methoxy groups -OCH3 is 1. The lowest BCUT2D eigenvalue weighted by molar-refractivity contribution is -0.384. The number of fused-ring (bicyclic) bond motifs is 4. The van der Waals surface area contributed by atoms with Crippen LogP contribution in [0.15, 0.2) is 109 Å². The Kier molecular flexibility index (Phi) is 7.70. The number of rotatable bonds is 7. The molecule has 262 valence electrons. The summed E-state index contributed by atoms with van der Waals surface area (Å²) in [6, 6.07) is 26.3. The molecule has 0 bridgehead atoms. The van der Waals surface area contributed by atoms with Gasteiger partial charge in [0, 0.05) is 23.6 Å². The second-order valence-corrected chi connectivity index (χ2v) is 13.8. The molecule has 3 fully saturated rings. The average Bonchev–Trinajstić information content (AvgIpc) is 3.54. The molecule has 6 atom stereocenters. The molecule has 2 saturated heterocycles. The van der Waals surface area contributed by atoms with Crippen LogP contribution in [0.4, 0.5) is 17.1 Å². The van der Waals surface area contributed by atoms with E-state index in [0.717, 1.165) is 15.5 Å². The Labute approximate surface area is 298 Å². The summed E-state index contributed by atoms with van der Waals surface area (Å²) in [4.78, 5) is 70.3. The monoisotopic (exact) mass is 698 g/mol. The van der Waals surface area contributed by atoms with Crippen molar-refractivity contribution in [3.63, 3.8) is 0 Å². The number of phenols is 1. The number of hydrogen-bond donors (Lipinski definition) is 2. The van der Waals surface area contributed by atoms with Gasteiger partial charge in [-0.25, -0.2) is 0 Å². The first-order valence-electron chi connectivity index (χ1n) is 17.0. The highest BCUT2D eigenvalue weighted by Gasteiger charge is 2.70. The number of nitrogens with one attached hydrogen (secondary N) is 1. The number of carbonyl (C=O) groups is 4. The number of aryl methyl sites for hydroxylation is 1. The molecule has 4 aliphatic rings. The summed E-state index contributed by atoms with van der Waals surface area (Å²) in [6.07, 6.45) is 2.15. The molecule has 6 unspecified atom stereocenters. The number of allylic oxidation sites excluding steroid dienone is 2. The van der Waals surface area contributed by atoms with Crippen LogP contribution in [0.25, 0.3) is 0 Å². The molecule has 2 N–H and O–H groups in total. The van der Waals surface area contributed by atoms with Crippen LogP contribution in [0.3, 0.4) is 0 Å². The standard InChI is InChI=1S/C40H34N4O8/c1-22-8-10-24(11-9-22)41-43-37(47)32-21-30-28(17-18-29-34(30)38(48)42(36(29)46)25-12-14-26(15-13-25)44(50)51)35(31-20-27(52-2)16-19-33(31)45)40(32,39(43)49)23-6-4-3-5-7-23/h3-17,19-20,29-30,32,34-35,41,45H,18,21H2,1-2H3. The van der Waals surface area contributed by atoms with Gasteiger partial charge in [0.05, 0.1) is 46.6 Å². The van der Waals surface area contributed by atoms with Gasteiger partial charge in [0.15, 0.2) is 0 Å². The number of anilines is 2. The molecule has 4 amide bonds. The van der Waals surface area contributed by atoms with Gasteiger partial charge in [-0.2, -0.15) is 5.01 Å². The van der Waals surface area contributed by atoms with E-state index in [1.807, 2.05) is 43.3 Å². The number of benzene rings is 4. The lowest BCUT2D eigenvalue weighted by Gasteiger charge is -2.50. The smallest absolute Gasteiger partial charge is 0.269 e. The van der Waals surface area contributed by atoms with Crippen molar-refractivity contribution < 1.29 is 33.9 Å². The average molecular weight is 699 g/mol. The third-order valence-electron chi connectivity index (χ3n) is 11.3. The first kappa shape index (κ1) is 32.9. The summed E-state index contributed by atoms with van der Waals surface area (Å²) in [6.45, 7) is 1.93. The third kappa shape index (κ3) is 4.74. The highest BCUT2D eigenvalue weighted by atomic mass is 16.6. The Balaban J connectivity index is 1.31. The molecule has 0 radical (unpaired) electrons. The lowest BCUT2D eigenvalue weighted by atomic mass is 9.49. The van der Waals surface area contributed by atoms with Crippen LogP contribution in [0, 0.1) is 40.7 Å². The molecule has 12 nitrogen and oxygen atoms in total. The van der Waals surface area contributed by atoms with Gasteiger partial charge in [-0.15, -0.1) is 0 Å². The number of carbonyl (C=O) groups excluding carboxylic acids is 4. The highest BCUT2D eigenvalue weighted by molar-refractivity contribution is 6.22. The van der Waals surface area contributed by atoms with Gasteiger partial charge in [0.2, 0.25) is 11.8 Å². The zero-order chi connectivity index (χ0) is 36.5. The van der Waals surface area contributed by atoms with Crippen molar-refractivity contribution in [2.75, 3.05) is 17.4 Å². The van der Waals surface area contributed by atoms with Crippen molar-refractivity contribution in [2.45, 2.75) is 31.1 Å². The summed E-state index contributed by atoms with van der Waals surface area (Å²) < 4.78 is 5.58. The Morgan fingerprint density at radius 1 is 0.885 bits per heavy atom. The van der Waals surface area contributed by atoms with Crippen molar-refractivity contribution >= 4 is 40.7 Å². The second kappa shape index (κ2) is 12.2. The maximum Gasteiger partial charge on any atom is 0.269 e. The number of imide groups is 2. The van der Waals surface area contributed by atoms with Crippen LogP contribution in [0.5, 0.6) is 11.5 Å². The molecular weight excluding hydrogens is 664 g/mol. The maximum atomic E-state index is 15.2. The van der Waals surface area contributed by atoms with Crippen LogP contribution < -0.4 is 15.1 Å². The zero-order valence-electron chi connectivity index (χ0n) is 28.3. The van der Waals surface area contributed by atoms with E-state index in [1.54, 1.807) is 36.4 Å². The predicted molar refractivity (Wildman–Crippen MR) is 189 cm³/mol. The number of ether oxygens (including phenoxy) is 1. The molecule has 4 aromatic rings. The fraction of sp³-hybridized carbons (Fsp3) is 0.250. The van der Waals surface area contributed by atoms with Crippen molar-refractivity contribution in [1.29, 1.82) is 0 Å². The van der Waals surface area contributed by atoms with Gasteiger partial charge >= 0.3 is 0 Å². The number of hydrazine groups is 1. The minimum absolute atomic E-state index is 0.0763. The van der Waals surface area contributed by atoms with E-state index in [-0.39, 0.29) is 30.0 Å². The predicted octanol–water partition coefficient (Wildman–Crippen LogP) is 5.81. The van der Waals surface area contributed by atoms with Gasteiger partial charge in [0.1, 0.15) is 11.5 Å². The first-order chi connectivity index (χ1) is 25.1. The topological polar surface area (TPSA) is 159 Å². The van der Waals surface area contributed by atoms with Crippen molar-refractivity contribution in [2.24, 2.45) is 23.7 Å². The summed E-state index contributed by atoms with van der Waals surface area (Å²) in [5, 5.41) is 24.0. The Morgan fingerprint density at radius 2 is 1.60 bits per heavy atom. The summed E-state index contributed by atoms with van der Waals surface area (Å²) in [7, 11) is 1.49. The molecule has 12 heteroatoms. The number of nitro groups is 1. The van der Waals surface area contributed by atoms with Crippen LogP contribution in [0.2, 0.25) is 0 Å². The number of aromatic hydroxyl groups is 1. The van der Waals surface area contributed by atoms with Gasteiger partial charge in [-0.05, 0) is 73.7 Å². The Morgan fingerprint density at radius 3 is 2.27 bits per heavy atom. The molecule has 0 spiro atoms. The summed E-state index contributed by atoms with van der Waals surface area (Å²) in [5.41, 5.74) is 4.67. The third-order valence-corrected chi connectivity index (χ3v) is 11.3. The van der Waals surface area contributed by atoms with Crippen LogP contribution in [-0.2, 0) is 24.6 Å². The first-order valence-corrected chi connectivity index (χ1v) is 17.0. The van der Waals surface area contributed by atoms with E-state index in [9.17, 15) is 29.6 Å². The van der Waals surface area contributed by atoms with Gasteiger partial charge in [0.25, 0.3) is 17.5 Å². The highest BCUT2D eigenvalue weighted by Crippen LogP contribution is 2.65. The number of nitro benzene ring substituents is 1. The maximum absolute atomic E-state index is 15.2. The second-order valence-electron chi connectivity index (χ2n) is 13.8. The summed E-state index contributed by atoms with van der Waals surface area (Å²) in [5.74, 6) is -5.85. The number of hydrogen-bond acceptors (Lipinski definition) is 9.